The quantitative estimate of drug-likeness (QED) is 0.776. The lowest BCUT2D eigenvalue weighted by atomic mass is 9.80. The number of carbonyl (C=O) groups excluding carboxylic acids is 1. The van der Waals surface area contributed by atoms with Crippen LogP contribution in [0.25, 0.3) is 0 Å². The number of nitrogens with two attached hydrogens (primary N) is 1. The highest BCUT2D eigenvalue weighted by atomic mass is 16.7. The molecule has 1 aromatic heterocycles. The zero-order valence-electron chi connectivity index (χ0n) is 13.8. The highest BCUT2D eigenvalue weighted by molar-refractivity contribution is 6.62. The number of amides is 1. The second-order valence-electron chi connectivity index (χ2n) is 5.20. The molecule has 1 saturated heterocycles. The van der Waals surface area contributed by atoms with Crippen LogP contribution in [0.1, 0.15) is 42.2 Å². The van der Waals surface area contributed by atoms with E-state index >= 15 is 0 Å². The lowest BCUT2D eigenvalue weighted by Crippen LogP contribution is -2.41. The second kappa shape index (κ2) is 4.07. The first-order valence-electron chi connectivity index (χ1n) is 7.11. The summed E-state index contributed by atoms with van der Waals surface area (Å²) in [6.07, 6.45) is -0.814. The zero-order chi connectivity index (χ0) is 16.2. The Morgan fingerprint density at radius 2 is 1.89 bits per heavy atom. The van der Waals surface area contributed by atoms with Gasteiger partial charge in [-0.1, -0.05) is 0 Å². The van der Waals surface area contributed by atoms with Crippen LogP contribution in [0.4, 0.5) is 0 Å². The highest BCUT2D eigenvalue weighted by Crippen LogP contribution is 2.36. The fourth-order valence-corrected chi connectivity index (χ4v) is 1.52. The van der Waals surface area contributed by atoms with E-state index in [0.717, 1.165) is 0 Å². The Labute approximate surface area is 111 Å². The van der Waals surface area contributed by atoms with E-state index in [4.69, 9.17) is 19.2 Å². The van der Waals surface area contributed by atoms with Gasteiger partial charge in [0.05, 0.1) is 20.9 Å². The molecule has 0 saturated carbocycles. The molecule has 5 nitrogen and oxygen atoms in total. The second-order valence-corrected chi connectivity index (χ2v) is 5.20. The molecular formula is C12H17BN2O3. The number of carbonyl (C=O) groups is 1. The fourth-order valence-electron chi connectivity index (χ4n) is 1.52. The number of pyridine rings is 1. The third kappa shape index (κ3) is 2.13. The van der Waals surface area contributed by atoms with E-state index in [1.165, 1.54) is 0 Å². The summed E-state index contributed by atoms with van der Waals surface area (Å²) in [5.74, 6) is -0.935. The molecule has 0 spiro atoms. The van der Waals surface area contributed by atoms with Gasteiger partial charge in [0.25, 0.3) is 0 Å². The summed E-state index contributed by atoms with van der Waals surface area (Å²) < 4.78 is 35.0. The van der Waals surface area contributed by atoms with Gasteiger partial charge >= 0.3 is 7.12 Å². The molecule has 0 aliphatic carbocycles. The Morgan fingerprint density at radius 1 is 1.33 bits per heavy atom. The molecule has 0 aromatic carbocycles. The van der Waals surface area contributed by atoms with E-state index in [0.29, 0.717) is 0 Å². The van der Waals surface area contributed by atoms with Crippen molar-refractivity contribution < 1.29 is 18.2 Å². The van der Waals surface area contributed by atoms with E-state index in [9.17, 15) is 4.79 Å². The van der Waals surface area contributed by atoms with Gasteiger partial charge in [-0.05, 0) is 33.7 Å². The maximum Gasteiger partial charge on any atom is 0.496 e. The topological polar surface area (TPSA) is 74.4 Å². The predicted molar refractivity (Wildman–Crippen MR) is 68.5 cm³/mol. The third-order valence-corrected chi connectivity index (χ3v) is 3.34. The molecule has 2 rings (SSSR count). The van der Waals surface area contributed by atoms with E-state index in [-0.39, 0.29) is 23.2 Å². The minimum Gasteiger partial charge on any atom is -0.399 e. The van der Waals surface area contributed by atoms with Crippen LogP contribution in [0.3, 0.4) is 0 Å². The Morgan fingerprint density at radius 3 is 2.39 bits per heavy atom. The van der Waals surface area contributed by atoms with Crippen LogP contribution in [0.5, 0.6) is 0 Å². The number of rotatable bonds is 2. The van der Waals surface area contributed by atoms with Crippen LogP contribution in [0.2, 0.25) is 0 Å². The van der Waals surface area contributed by atoms with Crippen LogP contribution in [-0.4, -0.2) is 29.2 Å². The minimum absolute atomic E-state index is 0.0125. The van der Waals surface area contributed by atoms with Crippen LogP contribution >= 0.6 is 0 Å². The van der Waals surface area contributed by atoms with Gasteiger partial charge in [-0.15, -0.1) is 0 Å². The van der Waals surface area contributed by atoms with Crippen molar-refractivity contribution in [2.75, 3.05) is 0 Å². The van der Waals surface area contributed by atoms with Gasteiger partial charge in [0.15, 0.2) is 0 Å². The van der Waals surface area contributed by atoms with E-state index in [2.05, 4.69) is 4.98 Å². The summed E-state index contributed by atoms with van der Waals surface area (Å²) in [5.41, 5.74) is 3.55. The first-order chi connectivity index (χ1) is 9.48. The van der Waals surface area contributed by atoms with E-state index < -0.39 is 30.4 Å². The van der Waals surface area contributed by atoms with Crippen LogP contribution in [0.15, 0.2) is 18.4 Å². The molecular weight excluding hydrogens is 231 g/mol. The fraction of sp³-hybridized carbons (Fsp3) is 0.500. The number of nitrogens with zero attached hydrogens (tertiary/aromatic N) is 1. The molecule has 1 amide bonds. The van der Waals surface area contributed by atoms with Crippen molar-refractivity contribution in [1.82, 2.24) is 4.98 Å². The van der Waals surface area contributed by atoms with Crippen molar-refractivity contribution in [3.8, 4) is 0 Å². The van der Waals surface area contributed by atoms with Gasteiger partial charge in [0.2, 0.25) is 5.91 Å². The monoisotopic (exact) mass is 251 g/mol. The van der Waals surface area contributed by atoms with Crippen LogP contribution in [-0.2, 0) is 9.31 Å². The summed E-state index contributed by atoms with van der Waals surface area (Å²) in [7, 11) is -0.999. The predicted octanol–water partition coefficient (Wildman–Crippen LogP) is 0.480. The highest BCUT2D eigenvalue weighted by Gasteiger charge is 2.51. The average Bonchev–Trinajstić information content (AvgIpc) is 2.45. The summed E-state index contributed by atoms with van der Waals surface area (Å²) >= 11 is 0. The van der Waals surface area contributed by atoms with Gasteiger partial charge in [0, 0.05) is 17.8 Å². The Bertz CT molecular complexity index is 606. The van der Waals surface area contributed by atoms with Gasteiger partial charge in [-0.2, -0.15) is 0 Å². The molecule has 6 heteroatoms. The normalized spacial score (nSPS) is 23.3. The maximum absolute atomic E-state index is 11.4. The zero-order valence-corrected chi connectivity index (χ0v) is 10.8. The Balaban J connectivity index is 2.57. The Kier molecular flexibility index (Phi) is 2.15. The molecule has 1 aromatic rings. The molecule has 1 fully saturated rings. The molecule has 2 heterocycles. The summed E-state index contributed by atoms with van der Waals surface area (Å²) in [5, 5.41) is 0. The van der Waals surface area contributed by atoms with Crippen molar-refractivity contribution >= 4 is 18.5 Å². The molecule has 96 valence electrons. The van der Waals surface area contributed by atoms with Crippen molar-refractivity contribution in [2.45, 2.75) is 38.9 Å². The lowest BCUT2D eigenvalue weighted by molar-refractivity contribution is 0.00578. The molecule has 18 heavy (non-hydrogen) atoms. The number of hydrogen-bond donors (Lipinski definition) is 1. The molecule has 0 unspecified atom stereocenters. The lowest BCUT2D eigenvalue weighted by Gasteiger charge is -2.32. The largest absolute Gasteiger partial charge is 0.496 e. The van der Waals surface area contributed by atoms with Gasteiger partial charge < -0.3 is 15.0 Å². The smallest absolute Gasteiger partial charge is 0.399 e. The Hall–Kier alpha value is -1.40. The SMILES string of the molecule is [2H]c1nc([2H])c(C(N)=O)c([2H])c1B1OC(C)(C)C(C)(C)O1. The molecule has 2 N–H and O–H groups in total. The van der Waals surface area contributed by atoms with Crippen molar-refractivity contribution in [1.29, 1.82) is 0 Å². The third-order valence-electron chi connectivity index (χ3n) is 3.34. The van der Waals surface area contributed by atoms with Crippen LogP contribution in [0, 0.1) is 0 Å². The minimum atomic E-state index is -0.999. The molecule has 1 aliphatic heterocycles. The summed E-state index contributed by atoms with van der Waals surface area (Å²) in [4.78, 5) is 15.0. The first kappa shape index (κ1) is 9.52. The van der Waals surface area contributed by atoms with E-state index in [1.54, 1.807) is 0 Å². The molecule has 0 radical (unpaired) electrons. The molecule has 1 aliphatic rings. The van der Waals surface area contributed by atoms with E-state index in [1.807, 2.05) is 27.7 Å². The van der Waals surface area contributed by atoms with Gasteiger partial charge in [0.1, 0.15) is 0 Å². The molecule has 0 atom stereocenters. The van der Waals surface area contributed by atoms with Crippen molar-refractivity contribution in [3.63, 3.8) is 0 Å². The van der Waals surface area contributed by atoms with Gasteiger partial charge in [-0.25, -0.2) is 0 Å². The first-order valence-corrected chi connectivity index (χ1v) is 5.61. The maximum atomic E-state index is 11.4. The number of primary amides is 1. The molecule has 0 bridgehead atoms. The van der Waals surface area contributed by atoms with Crippen molar-refractivity contribution in [3.05, 3.63) is 24.0 Å². The van der Waals surface area contributed by atoms with Crippen molar-refractivity contribution in [2.24, 2.45) is 5.73 Å². The summed E-state index contributed by atoms with van der Waals surface area (Å²) in [6, 6.07) is -0.342. The number of aromatic nitrogens is 1. The van der Waals surface area contributed by atoms with Gasteiger partial charge in [-0.3, -0.25) is 9.78 Å². The standard InChI is InChI=1S/C12H17BN2O3/c1-11(2)12(3,4)18-13(17-11)9-5-8(10(14)16)6-15-7-9/h5-7H,1-4H3,(H2,14,16)/i5D,6D,7D. The van der Waals surface area contributed by atoms with Crippen LogP contribution < -0.4 is 11.2 Å². The average molecular weight is 251 g/mol. The summed E-state index contributed by atoms with van der Waals surface area (Å²) in [6.45, 7) is 7.34. The number of hydrogen-bond acceptors (Lipinski definition) is 4.